The van der Waals surface area contributed by atoms with Gasteiger partial charge in [-0.1, -0.05) is 27.7 Å². The average molecular weight is 235 g/mol. The molecule has 1 atom stereocenters. The Morgan fingerprint density at radius 1 is 1.24 bits per heavy atom. The third kappa shape index (κ3) is 2.89. The fourth-order valence-electron chi connectivity index (χ4n) is 2.59. The lowest BCUT2D eigenvalue weighted by atomic mass is 10.0. The molecule has 1 aliphatic heterocycles. The van der Waals surface area contributed by atoms with E-state index in [9.17, 15) is 0 Å². The van der Waals surface area contributed by atoms with E-state index in [-0.39, 0.29) is 0 Å². The van der Waals surface area contributed by atoms with Crippen LogP contribution in [0.25, 0.3) is 0 Å². The molecule has 3 nitrogen and oxygen atoms in total. The second-order valence-electron chi connectivity index (χ2n) is 5.79. The maximum atomic E-state index is 4.80. The SMILES string of the molecule is CC(C)c1nc(CC2CCCN2)[nH]c1C(C)C. The number of rotatable bonds is 4. The summed E-state index contributed by atoms with van der Waals surface area (Å²) in [5.74, 6) is 2.20. The van der Waals surface area contributed by atoms with Crippen molar-refractivity contribution in [3.05, 3.63) is 17.2 Å². The smallest absolute Gasteiger partial charge is 0.108 e. The summed E-state index contributed by atoms with van der Waals surface area (Å²) in [5, 5.41) is 3.53. The van der Waals surface area contributed by atoms with Crippen molar-refractivity contribution in [1.82, 2.24) is 15.3 Å². The maximum absolute atomic E-state index is 4.80. The largest absolute Gasteiger partial charge is 0.345 e. The molecule has 17 heavy (non-hydrogen) atoms. The molecule has 2 rings (SSSR count). The number of hydrogen-bond donors (Lipinski definition) is 2. The van der Waals surface area contributed by atoms with Gasteiger partial charge in [-0.2, -0.15) is 0 Å². The summed E-state index contributed by atoms with van der Waals surface area (Å²) >= 11 is 0. The van der Waals surface area contributed by atoms with Crippen LogP contribution in [0.4, 0.5) is 0 Å². The first kappa shape index (κ1) is 12.6. The van der Waals surface area contributed by atoms with Gasteiger partial charge in [0.25, 0.3) is 0 Å². The number of nitrogens with one attached hydrogen (secondary N) is 2. The lowest BCUT2D eigenvalue weighted by Gasteiger charge is -2.07. The number of nitrogens with zero attached hydrogens (tertiary/aromatic N) is 1. The molecule has 1 saturated heterocycles. The number of imidazole rings is 1. The van der Waals surface area contributed by atoms with Crippen molar-refractivity contribution in [2.45, 2.75) is 64.8 Å². The summed E-state index contributed by atoms with van der Waals surface area (Å²) < 4.78 is 0. The van der Waals surface area contributed by atoms with E-state index in [0.717, 1.165) is 12.2 Å². The molecule has 1 fully saturated rings. The minimum absolute atomic E-state index is 0.508. The molecule has 1 aromatic heterocycles. The number of H-pyrrole nitrogens is 1. The van der Waals surface area contributed by atoms with Crippen molar-refractivity contribution in [1.29, 1.82) is 0 Å². The van der Waals surface area contributed by atoms with Gasteiger partial charge in [0.1, 0.15) is 5.82 Å². The van der Waals surface area contributed by atoms with Crippen LogP contribution < -0.4 is 5.32 Å². The van der Waals surface area contributed by atoms with Gasteiger partial charge in [-0.25, -0.2) is 4.98 Å². The summed E-state index contributed by atoms with van der Waals surface area (Å²) in [6.45, 7) is 10.1. The van der Waals surface area contributed by atoms with Gasteiger partial charge in [0.15, 0.2) is 0 Å². The molecule has 0 radical (unpaired) electrons. The molecule has 3 heteroatoms. The molecule has 1 aliphatic rings. The van der Waals surface area contributed by atoms with E-state index >= 15 is 0 Å². The summed E-state index contributed by atoms with van der Waals surface area (Å²) in [5.41, 5.74) is 2.58. The Labute approximate surface area is 104 Å². The van der Waals surface area contributed by atoms with E-state index < -0.39 is 0 Å². The molecule has 96 valence electrons. The van der Waals surface area contributed by atoms with Crippen LogP contribution in [-0.2, 0) is 6.42 Å². The normalized spacial score (nSPS) is 20.7. The van der Waals surface area contributed by atoms with Gasteiger partial charge >= 0.3 is 0 Å². The van der Waals surface area contributed by atoms with Crippen molar-refractivity contribution < 1.29 is 0 Å². The predicted octanol–water partition coefficient (Wildman–Crippen LogP) is 2.95. The maximum Gasteiger partial charge on any atom is 0.108 e. The highest BCUT2D eigenvalue weighted by atomic mass is 15.0. The van der Waals surface area contributed by atoms with Crippen LogP contribution >= 0.6 is 0 Å². The van der Waals surface area contributed by atoms with Crippen LogP contribution in [0, 0.1) is 0 Å². The second kappa shape index (κ2) is 5.21. The van der Waals surface area contributed by atoms with Crippen LogP contribution in [0.5, 0.6) is 0 Å². The summed E-state index contributed by atoms with van der Waals surface area (Å²) in [6, 6.07) is 0.626. The lowest BCUT2D eigenvalue weighted by Crippen LogP contribution is -2.24. The summed E-state index contributed by atoms with van der Waals surface area (Å²) in [4.78, 5) is 8.34. The van der Waals surface area contributed by atoms with Gasteiger partial charge in [-0.05, 0) is 31.2 Å². The van der Waals surface area contributed by atoms with Crippen molar-refractivity contribution in [3.8, 4) is 0 Å². The molecule has 2 N–H and O–H groups in total. The third-order valence-electron chi connectivity index (χ3n) is 3.54. The van der Waals surface area contributed by atoms with E-state index in [1.807, 2.05) is 0 Å². The zero-order valence-corrected chi connectivity index (χ0v) is 11.5. The Hall–Kier alpha value is -0.830. The van der Waals surface area contributed by atoms with E-state index in [2.05, 4.69) is 38.0 Å². The Bertz CT molecular complexity index is 334. The minimum atomic E-state index is 0.508. The summed E-state index contributed by atoms with van der Waals surface area (Å²) in [7, 11) is 0. The van der Waals surface area contributed by atoms with Gasteiger partial charge in [-0.15, -0.1) is 0 Å². The number of aromatic amines is 1. The van der Waals surface area contributed by atoms with E-state index in [4.69, 9.17) is 4.98 Å². The highest BCUT2D eigenvalue weighted by Gasteiger charge is 2.20. The molecule has 0 saturated carbocycles. The van der Waals surface area contributed by atoms with Gasteiger partial charge < -0.3 is 10.3 Å². The van der Waals surface area contributed by atoms with Gasteiger partial charge in [0.05, 0.1) is 5.69 Å². The molecule has 0 spiro atoms. The molecule has 2 heterocycles. The van der Waals surface area contributed by atoms with Crippen molar-refractivity contribution >= 4 is 0 Å². The van der Waals surface area contributed by atoms with E-state index in [1.54, 1.807) is 0 Å². The van der Waals surface area contributed by atoms with Crippen molar-refractivity contribution in [3.63, 3.8) is 0 Å². The molecule has 0 aromatic carbocycles. The van der Waals surface area contributed by atoms with Crippen LogP contribution in [-0.4, -0.2) is 22.6 Å². The van der Waals surface area contributed by atoms with E-state index in [0.29, 0.717) is 17.9 Å². The highest BCUT2D eigenvalue weighted by Crippen LogP contribution is 2.24. The zero-order valence-electron chi connectivity index (χ0n) is 11.5. The van der Waals surface area contributed by atoms with Crippen LogP contribution in [0.1, 0.15) is 69.6 Å². The monoisotopic (exact) mass is 235 g/mol. The Morgan fingerprint density at radius 3 is 2.47 bits per heavy atom. The molecule has 1 unspecified atom stereocenters. The standard InChI is InChI=1S/C14H25N3/c1-9(2)13-14(10(3)4)17-12(16-13)8-11-6-5-7-15-11/h9-11,15H,5-8H2,1-4H3,(H,16,17). The number of aromatic nitrogens is 2. The highest BCUT2D eigenvalue weighted by molar-refractivity contribution is 5.21. The lowest BCUT2D eigenvalue weighted by molar-refractivity contribution is 0.586. The average Bonchev–Trinajstić information content (AvgIpc) is 2.86. The first-order valence-corrected chi connectivity index (χ1v) is 6.90. The first-order valence-electron chi connectivity index (χ1n) is 6.90. The van der Waals surface area contributed by atoms with Crippen LogP contribution in [0.3, 0.4) is 0 Å². The van der Waals surface area contributed by atoms with Crippen LogP contribution in [0.2, 0.25) is 0 Å². The van der Waals surface area contributed by atoms with Gasteiger partial charge in [0.2, 0.25) is 0 Å². The van der Waals surface area contributed by atoms with Crippen molar-refractivity contribution in [2.75, 3.05) is 6.54 Å². The Kier molecular flexibility index (Phi) is 3.87. The molecular weight excluding hydrogens is 210 g/mol. The third-order valence-corrected chi connectivity index (χ3v) is 3.54. The zero-order chi connectivity index (χ0) is 12.4. The topological polar surface area (TPSA) is 40.7 Å². The first-order chi connectivity index (χ1) is 8.08. The molecular formula is C14H25N3. The van der Waals surface area contributed by atoms with Gasteiger partial charge in [-0.3, -0.25) is 0 Å². The minimum Gasteiger partial charge on any atom is -0.345 e. The second-order valence-corrected chi connectivity index (χ2v) is 5.79. The molecule has 0 amide bonds. The Balaban J connectivity index is 2.14. The molecule has 0 bridgehead atoms. The summed E-state index contributed by atoms with van der Waals surface area (Å²) in [6.07, 6.45) is 3.64. The van der Waals surface area contributed by atoms with Gasteiger partial charge in [0, 0.05) is 18.2 Å². The van der Waals surface area contributed by atoms with Crippen molar-refractivity contribution in [2.24, 2.45) is 0 Å². The predicted molar refractivity (Wildman–Crippen MR) is 71.5 cm³/mol. The molecule has 0 aliphatic carbocycles. The fraction of sp³-hybridized carbons (Fsp3) is 0.786. The van der Waals surface area contributed by atoms with E-state index in [1.165, 1.54) is 30.8 Å². The van der Waals surface area contributed by atoms with Crippen LogP contribution in [0.15, 0.2) is 0 Å². The fourth-order valence-corrected chi connectivity index (χ4v) is 2.59. The molecule has 1 aromatic rings. The number of hydrogen-bond acceptors (Lipinski definition) is 2. The Morgan fingerprint density at radius 2 is 2.00 bits per heavy atom. The quantitative estimate of drug-likeness (QED) is 0.842.